The molecule has 0 N–H and O–H groups in total. The summed E-state index contributed by atoms with van der Waals surface area (Å²) in [7, 11) is 0. The van der Waals surface area contributed by atoms with Gasteiger partial charge >= 0.3 is 5.97 Å². The van der Waals surface area contributed by atoms with Crippen LogP contribution in [0.4, 0.5) is 4.39 Å². The Balaban J connectivity index is 1.44. The average Bonchev–Trinajstić information content (AvgIpc) is 3.03. The Labute approximate surface area is 157 Å². The predicted molar refractivity (Wildman–Crippen MR) is 97.9 cm³/mol. The van der Waals surface area contributed by atoms with Crippen molar-refractivity contribution in [3.63, 3.8) is 0 Å². The average molecular weight is 373 g/mol. The summed E-state index contributed by atoms with van der Waals surface area (Å²) in [6.07, 6.45) is 6.78. The highest BCUT2D eigenvalue weighted by Crippen LogP contribution is 2.35. The number of amides is 1. The van der Waals surface area contributed by atoms with Crippen molar-refractivity contribution in [2.75, 3.05) is 13.2 Å². The van der Waals surface area contributed by atoms with Gasteiger partial charge in [-0.05, 0) is 44.6 Å². The van der Waals surface area contributed by atoms with Gasteiger partial charge < -0.3 is 14.1 Å². The van der Waals surface area contributed by atoms with Crippen molar-refractivity contribution in [1.82, 2.24) is 4.90 Å². The van der Waals surface area contributed by atoms with Crippen LogP contribution in [-0.2, 0) is 9.53 Å². The highest BCUT2D eigenvalue weighted by atomic mass is 19.1. The van der Waals surface area contributed by atoms with Gasteiger partial charge in [0.2, 0.25) is 5.76 Å². The third-order valence-electron chi connectivity index (χ3n) is 5.99. The van der Waals surface area contributed by atoms with E-state index in [2.05, 4.69) is 0 Å². The Morgan fingerprint density at radius 3 is 2.81 bits per heavy atom. The van der Waals surface area contributed by atoms with Gasteiger partial charge in [0, 0.05) is 23.5 Å². The number of nitrogens with zero attached hydrogens (tertiary/aromatic N) is 1. The molecule has 2 aromatic rings. The quantitative estimate of drug-likeness (QED) is 0.756. The van der Waals surface area contributed by atoms with E-state index in [4.69, 9.17) is 9.15 Å². The first kappa shape index (κ1) is 18.0. The number of para-hydroxylation sites is 1. The zero-order valence-corrected chi connectivity index (χ0v) is 15.5. The van der Waals surface area contributed by atoms with Crippen LogP contribution >= 0.6 is 0 Å². The lowest BCUT2D eigenvalue weighted by atomic mass is 9.78. The van der Waals surface area contributed by atoms with Crippen molar-refractivity contribution >= 4 is 22.8 Å². The van der Waals surface area contributed by atoms with Gasteiger partial charge in [-0.1, -0.05) is 25.0 Å². The van der Waals surface area contributed by atoms with Gasteiger partial charge in [-0.25, -0.2) is 9.18 Å². The van der Waals surface area contributed by atoms with E-state index in [1.807, 2.05) is 4.90 Å². The predicted octanol–water partition coefficient (Wildman–Crippen LogP) is 4.22. The van der Waals surface area contributed by atoms with Crippen LogP contribution in [0.15, 0.2) is 22.6 Å². The number of carbonyl (C=O) groups excluding carboxylic acids is 2. The first-order valence-corrected chi connectivity index (χ1v) is 9.70. The summed E-state index contributed by atoms with van der Waals surface area (Å²) < 4.78 is 24.5. The largest absolute Gasteiger partial charge is 0.450 e. The van der Waals surface area contributed by atoms with Gasteiger partial charge in [-0.15, -0.1) is 0 Å². The van der Waals surface area contributed by atoms with Gasteiger partial charge in [0.15, 0.2) is 18.0 Å². The second-order valence-electron chi connectivity index (χ2n) is 7.59. The number of rotatable bonds is 3. The molecule has 1 aliphatic heterocycles. The molecule has 1 amide bonds. The number of likely N-dealkylation sites (tertiary alicyclic amines) is 1. The number of ether oxygens (including phenoxy) is 1. The fourth-order valence-corrected chi connectivity index (χ4v) is 4.61. The van der Waals surface area contributed by atoms with Crippen molar-refractivity contribution in [2.24, 2.45) is 5.92 Å². The number of benzene rings is 1. The van der Waals surface area contributed by atoms with Crippen molar-refractivity contribution in [2.45, 2.75) is 51.5 Å². The number of furan rings is 1. The van der Waals surface area contributed by atoms with E-state index in [0.717, 1.165) is 25.8 Å². The Kier molecular flexibility index (Phi) is 4.89. The molecule has 0 radical (unpaired) electrons. The van der Waals surface area contributed by atoms with E-state index < -0.39 is 11.8 Å². The maximum Gasteiger partial charge on any atom is 0.375 e. The van der Waals surface area contributed by atoms with Crippen LogP contribution in [-0.4, -0.2) is 36.0 Å². The molecule has 4 rings (SSSR count). The summed E-state index contributed by atoms with van der Waals surface area (Å²) in [5.74, 6) is -0.874. The highest BCUT2D eigenvalue weighted by molar-refractivity contribution is 5.96. The molecule has 0 spiro atoms. The molecular formula is C21H24FNO4. The van der Waals surface area contributed by atoms with E-state index in [9.17, 15) is 14.0 Å². The summed E-state index contributed by atoms with van der Waals surface area (Å²) in [4.78, 5) is 27.0. The molecule has 0 unspecified atom stereocenters. The highest BCUT2D eigenvalue weighted by Gasteiger charge is 2.36. The maximum atomic E-state index is 13.9. The van der Waals surface area contributed by atoms with Crippen LogP contribution in [0.5, 0.6) is 0 Å². The molecule has 2 fully saturated rings. The molecule has 2 aliphatic rings. The molecule has 2 atom stereocenters. The standard InChI is InChI=1S/C21H24FNO4/c1-13-15-8-4-9-16(22)20(15)27-19(13)21(25)26-12-18(24)23-11-5-7-14-6-2-3-10-17(14)23/h4,8-9,14,17H,2-3,5-7,10-12H2,1H3/t14-,17+/m0/s1. The van der Waals surface area contributed by atoms with Gasteiger partial charge in [0.25, 0.3) is 5.91 Å². The van der Waals surface area contributed by atoms with Crippen LogP contribution in [0.3, 0.4) is 0 Å². The van der Waals surface area contributed by atoms with E-state index in [1.54, 1.807) is 19.1 Å². The summed E-state index contributed by atoms with van der Waals surface area (Å²) in [5, 5.41) is 0.536. The molecule has 6 heteroatoms. The Morgan fingerprint density at radius 1 is 1.22 bits per heavy atom. The number of esters is 1. The second-order valence-corrected chi connectivity index (χ2v) is 7.59. The Hall–Kier alpha value is -2.37. The van der Waals surface area contributed by atoms with Crippen molar-refractivity contribution in [3.8, 4) is 0 Å². The lowest BCUT2D eigenvalue weighted by molar-refractivity contribution is -0.140. The molecule has 27 heavy (non-hydrogen) atoms. The minimum Gasteiger partial charge on any atom is -0.450 e. The second kappa shape index (κ2) is 7.33. The number of fused-ring (bicyclic) bond motifs is 2. The number of piperidine rings is 1. The van der Waals surface area contributed by atoms with Crippen LogP contribution in [0.1, 0.15) is 54.6 Å². The van der Waals surface area contributed by atoms with Crippen LogP contribution < -0.4 is 0 Å². The lowest BCUT2D eigenvalue weighted by Gasteiger charge is -2.44. The zero-order valence-electron chi connectivity index (χ0n) is 15.5. The first-order valence-electron chi connectivity index (χ1n) is 9.70. The van der Waals surface area contributed by atoms with Gasteiger partial charge in [0.1, 0.15) is 0 Å². The zero-order chi connectivity index (χ0) is 19.0. The molecule has 0 bridgehead atoms. The SMILES string of the molecule is Cc1c(C(=O)OCC(=O)N2CCC[C@@H]3CCCC[C@H]32)oc2c(F)cccc12. The molecule has 144 valence electrons. The van der Waals surface area contributed by atoms with E-state index in [0.29, 0.717) is 16.9 Å². The molecule has 5 nitrogen and oxygen atoms in total. The molecular weight excluding hydrogens is 349 g/mol. The number of aryl methyl sites for hydroxylation is 1. The lowest BCUT2D eigenvalue weighted by Crippen LogP contribution is -2.50. The fourth-order valence-electron chi connectivity index (χ4n) is 4.61. The summed E-state index contributed by atoms with van der Waals surface area (Å²) in [6.45, 7) is 2.11. The Morgan fingerprint density at radius 2 is 2.00 bits per heavy atom. The molecule has 1 aromatic carbocycles. The van der Waals surface area contributed by atoms with E-state index in [1.165, 1.54) is 25.3 Å². The van der Waals surface area contributed by atoms with Crippen molar-refractivity contribution in [1.29, 1.82) is 0 Å². The third kappa shape index (κ3) is 3.33. The number of halogens is 1. The summed E-state index contributed by atoms with van der Waals surface area (Å²) in [6, 6.07) is 4.81. The van der Waals surface area contributed by atoms with Gasteiger partial charge in [-0.3, -0.25) is 4.79 Å². The smallest absolute Gasteiger partial charge is 0.375 e. The Bertz CT molecular complexity index is 872. The molecule has 1 aromatic heterocycles. The van der Waals surface area contributed by atoms with E-state index in [-0.39, 0.29) is 29.9 Å². The van der Waals surface area contributed by atoms with Crippen molar-refractivity contribution < 1.29 is 23.1 Å². The number of hydrogen-bond donors (Lipinski definition) is 0. The summed E-state index contributed by atoms with van der Waals surface area (Å²) >= 11 is 0. The topological polar surface area (TPSA) is 59.8 Å². The minimum atomic E-state index is -0.728. The fraction of sp³-hybridized carbons (Fsp3) is 0.524. The summed E-state index contributed by atoms with van der Waals surface area (Å²) in [5.41, 5.74) is 0.557. The molecule has 1 saturated carbocycles. The van der Waals surface area contributed by atoms with Gasteiger partial charge in [-0.2, -0.15) is 0 Å². The molecule has 1 aliphatic carbocycles. The number of hydrogen-bond acceptors (Lipinski definition) is 4. The third-order valence-corrected chi connectivity index (χ3v) is 5.99. The normalized spacial score (nSPS) is 22.5. The van der Waals surface area contributed by atoms with Crippen LogP contribution in [0.2, 0.25) is 0 Å². The van der Waals surface area contributed by atoms with E-state index >= 15 is 0 Å². The monoisotopic (exact) mass is 373 g/mol. The minimum absolute atomic E-state index is 0.0364. The van der Waals surface area contributed by atoms with Crippen LogP contribution in [0, 0.1) is 18.7 Å². The maximum absolute atomic E-state index is 13.9. The number of carbonyl (C=O) groups is 2. The van der Waals surface area contributed by atoms with Gasteiger partial charge in [0.05, 0.1) is 0 Å². The van der Waals surface area contributed by atoms with Crippen molar-refractivity contribution in [3.05, 3.63) is 35.3 Å². The molecule has 2 heterocycles. The first-order chi connectivity index (χ1) is 13.1. The molecule has 1 saturated heterocycles. The van der Waals surface area contributed by atoms with Crippen LogP contribution in [0.25, 0.3) is 11.0 Å².